The Kier molecular flexibility index (Phi) is 9.11. The number of nitrogens with one attached hydrogen (secondary N) is 1. The molecule has 0 aliphatic carbocycles. The first-order valence-corrected chi connectivity index (χ1v) is 14.0. The number of ether oxygens (including phenoxy) is 1. The molecule has 0 spiro atoms. The zero-order valence-electron chi connectivity index (χ0n) is 22.6. The number of carboxylic acids is 1. The normalized spacial score (nSPS) is 12.7. The molecule has 9 nitrogen and oxygen atoms in total. The smallest absolute Gasteiger partial charge is 0.335 e. The van der Waals surface area contributed by atoms with Crippen LogP contribution >= 0.6 is 0 Å². The molecule has 3 aromatic rings. The first kappa shape index (κ1) is 29.1. The number of aromatic nitrogens is 2. The summed E-state index contributed by atoms with van der Waals surface area (Å²) in [6.45, 7) is 12.6. The number of hydrogen-bond acceptors (Lipinski definition) is 7. The molecule has 0 fully saturated rings. The Hall–Kier alpha value is -3.50. The molecule has 204 valence electrons. The van der Waals surface area contributed by atoms with Crippen molar-refractivity contribution in [3.8, 4) is 17.1 Å². The molecule has 0 aliphatic rings. The number of aryl methyl sites for hydroxylation is 2. The van der Waals surface area contributed by atoms with Gasteiger partial charge in [0.15, 0.2) is 0 Å². The summed E-state index contributed by atoms with van der Waals surface area (Å²) in [6, 6.07) is 12.3. The van der Waals surface area contributed by atoms with E-state index in [9.17, 15) is 18.3 Å². The van der Waals surface area contributed by atoms with Crippen molar-refractivity contribution in [2.75, 3.05) is 11.3 Å². The Balaban J connectivity index is 2.02. The van der Waals surface area contributed by atoms with Gasteiger partial charge in [-0.05, 0) is 60.9 Å². The van der Waals surface area contributed by atoms with Gasteiger partial charge in [0, 0.05) is 17.7 Å². The molecule has 1 atom stereocenters. The van der Waals surface area contributed by atoms with Crippen molar-refractivity contribution in [2.45, 2.75) is 52.5 Å². The minimum atomic E-state index is -4.19. The lowest BCUT2D eigenvalue weighted by atomic mass is 9.80. The second kappa shape index (κ2) is 11.9. The number of nitrogens with two attached hydrogens (primary N) is 1. The molecular formula is C28H36N4O5S. The van der Waals surface area contributed by atoms with E-state index in [4.69, 9.17) is 10.5 Å². The van der Waals surface area contributed by atoms with Crippen LogP contribution in [0, 0.1) is 31.6 Å². The Bertz CT molecular complexity index is 1380. The topological polar surface area (TPSA) is 144 Å². The van der Waals surface area contributed by atoms with Crippen LogP contribution in [-0.4, -0.2) is 42.1 Å². The van der Waals surface area contributed by atoms with Crippen LogP contribution in [0.3, 0.4) is 0 Å². The Labute approximate surface area is 224 Å². The third-order valence-corrected chi connectivity index (χ3v) is 7.84. The lowest BCUT2D eigenvalue weighted by molar-refractivity contribution is 0.0696. The fourth-order valence-electron chi connectivity index (χ4n) is 4.92. The van der Waals surface area contributed by atoms with Gasteiger partial charge in [0.25, 0.3) is 10.0 Å². The van der Waals surface area contributed by atoms with Crippen LogP contribution in [0.2, 0.25) is 0 Å². The van der Waals surface area contributed by atoms with Crippen molar-refractivity contribution in [3.63, 3.8) is 0 Å². The van der Waals surface area contributed by atoms with Gasteiger partial charge in [0.05, 0.1) is 16.2 Å². The highest BCUT2D eigenvalue weighted by atomic mass is 32.2. The first-order valence-electron chi connectivity index (χ1n) is 12.5. The quantitative estimate of drug-likeness (QED) is 0.312. The van der Waals surface area contributed by atoms with Crippen LogP contribution in [0.4, 0.5) is 5.95 Å². The average Bonchev–Trinajstić information content (AvgIpc) is 2.82. The summed E-state index contributed by atoms with van der Waals surface area (Å²) < 4.78 is 34.7. The fourth-order valence-corrected chi connectivity index (χ4v) is 5.91. The maximum atomic E-state index is 13.1. The van der Waals surface area contributed by atoms with Crippen molar-refractivity contribution in [1.29, 1.82) is 0 Å². The van der Waals surface area contributed by atoms with E-state index < -0.39 is 16.0 Å². The number of hydrogen-bond donors (Lipinski definition) is 3. The second-order valence-corrected chi connectivity index (χ2v) is 11.8. The van der Waals surface area contributed by atoms with Crippen LogP contribution < -0.4 is 15.2 Å². The number of carboxylic acid groups (broad SMARTS) is 1. The first-order chi connectivity index (χ1) is 17.8. The van der Waals surface area contributed by atoms with E-state index in [-0.39, 0.29) is 40.9 Å². The molecule has 1 unspecified atom stereocenters. The van der Waals surface area contributed by atoms with Crippen molar-refractivity contribution < 1.29 is 23.1 Å². The molecule has 0 saturated heterocycles. The number of rotatable bonds is 11. The Morgan fingerprint density at radius 1 is 1.00 bits per heavy atom. The van der Waals surface area contributed by atoms with Crippen molar-refractivity contribution >= 4 is 21.9 Å². The van der Waals surface area contributed by atoms with E-state index in [0.717, 1.165) is 22.8 Å². The molecule has 0 amide bonds. The van der Waals surface area contributed by atoms with Crippen LogP contribution in [0.5, 0.6) is 5.88 Å². The number of benzene rings is 2. The van der Waals surface area contributed by atoms with Gasteiger partial charge in [0.1, 0.15) is 6.61 Å². The van der Waals surface area contributed by atoms with Crippen LogP contribution in [-0.2, 0) is 10.0 Å². The van der Waals surface area contributed by atoms with E-state index in [1.165, 1.54) is 18.2 Å². The largest absolute Gasteiger partial charge is 0.478 e. The molecule has 10 heteroatoms. The van der Waals surface area contributed by atoms with E-state index in [0.29, 0.717) is 17.5 Å². The standard InChI is InChI=1S/C28H36N4O5S/c1-16(2)25(17(3)4)22(29)15-37-24-14-23(26-18(5)9-7-10-19(26)6)30-28(31-24)32-38(35,36)21-12-8-11-20(13-21)27(33)34/h7-14,16-17,22,25H,15,29H2,1-6H3,(H,33,34)(H,30,31,32). The SMILES string of the molecule is Cc1cccc(C)c1-c1cc(OCC(N)C(C(C)C)C(C)C)nc(NS(=O)(=O)c2cccc(C(=O)O)c2)n1. The summed E-state index contributed by atoms with van der Waals surface area (Å²) in [7, 11) is -4.19. The maximum Gasteiger partial charge on any atom is 0.335 e. The Morgan fingerprint density at radius 3 is 2.18 bits per heavy atom. The van der Waals surface area contributed by atoms with E-state index in [1.54, 1.807) is 6.07 Å². The summed E-state index contributed by atoms with van der Waals surface area (Å²) in [5.41, 5.74) is 9.56. The Morgan fingerprint density at radius 2 is 1.61 bits per heavy atom. The van der Waals surface area contributed by atoms with Gasteiger partial charge < -0.3 is 15.6 Å². The van der Waals surface area contributed by atoms with Gasteiger partial charge in [-0.3, -0.25) is 0 Å². The van der Waals surface area contributed by atoms with E-state index in [2.05, 4.69) is 42.4 Å². The lowest BCUT2D eigenvalue weighted by Gasteiger charge is -2.30. The predicted molar refractivity (Wildman–Crippen MR) is 148 cm³/mol. The number of nitrogens with zero attached hydrogens (tertiary/aromatic N) is 2. The van der Waals surface area contributed by atoms with Gasteiger partial charge >= 0.3 is 5.97 Å². The van der Waals surface area contributed by atoms with Gasteiger partial charge in [-0.25, -0.2) is 22.9 Å². The van der Waals surface area contributed by atoms with Crippen molar-refractivity contribution in [2.24, 2.45) is 23.5 Å². The van der Waals surface area contributed by atoms with Crippen LogP contribution in [0.1, 0.15) is 49.2 Å². The van der Waals surface area contributed by atoms with Crippen molar-refractivity contribution in [1.82, 2.24) is 9.97 Å². The van der Waals surface area contributed by atoms with Gasteiger partial charge in [0.2, 0.25) is 11.8 Å². The predicted octanol–water partition coefficient (Wildman–Crippen LogP) is 4.89. The van der Waals surface area contributed by atoms with Crippen LogP contribution in [0.15, 0.2) is 53.4 Å². The van der Waals surface area contributed by atoms with Gasteiger partial charge in [-0.2, -0.15) is 4.98 Å². The highest BCUT2D eigenvalue weighted by Crippen LogP contribution is 2.30. The molecular weight excluding hydrogens is 504 g/mol. The zero-order chi connectivity index (χ0) is 28.2. The second-order valence-electron chi connectivity index (χ2n) is 10.2. The molecule has 1 heterocycles. The maximum absolute atomic E-state index is 13.1. The average molecular weight is 541 g/mol. The van der Waals surface area contributed by atoms with Gasteiger partial charge in [-0.1, -0.05) is 52.0 Å². The van der Waals surface area contributed by atoms with E-state index in [1.807, 2.05) is 32.0 Å². The van der Waals surface area contributed by atoms with Gasteiger partial charge in [-0.15, -0.1) is 0 Å². The lowest BCUT2D eigenvalue weighted by Crippen LogP contribution is -2.41. The fraction of sp³-hybridized carbons (Fsp3) is 0.393. The number of carbonyl (C=O) groups is 1. The molecule has 0 aliphatic heterocycles. The summed E-state index contributed by atoms with van der Waals surface area (Å²) in [4.78, 5) is 19.9. The molecule has 2 aromatic carbocycles. The molecule has 1 aromatic heterocycles. The monoisotopic (exact) mass is 540 g/mol. The number of sulfonamides is 1. The number of aromatic carboxylic acids is 1. The third kappa shape index (κ3) is 6.87. The minimum absolute atomic E-state index is 0.152. The van der Waals surface area contributed by atoms with Crippen molar-refractivity contribution in [3.05, 3.63) is 65.2 Å². The molecule has 4 N–H and O–H groups in total. The minimum Gasteiger partial charge on any atom is -0.478 e. The molecule has 0 saturated carbocycles. The van der Waals surface area contributed by atoms with E-state index >= 15 is 0 Å². The molecule has 0 bridgehead atoms. The molecule has 0 radical (unpaired) electrons. The van der Waals surface area contributed by atoms with Crippen LogP contribution in [0.25, 0.3) is 11.3 Å². The molecule has 3 rings (SSSR count). The number of anilines is 1. The third-order valence-electron chi connectivity index (χ3n) is 6.51. The summed E-state index contributed by atoms with van der Waals surface area (Å²) in [6.07, 6.45) is 0. The highest BCUT2D eigenvalue weighted by molar-refractivity contribution is 7.92. The summed E-state index contributed by atoms with van der Waals surface area (Å²) in [5, 5.41) is 9.26. The molecule has 38 heavy (non-hydrogen) atoms. The summed E-state index contributed by atoms with van der Waals surface area (Å²) >= 11 is 0. The summed E-state index contributed by atoms with van der Waals surface area (Å²) in [5.74, 6) is -0.325. The highest BCUT2D eigenvalue weighted by Gasteiger charge is 2.26. The zero-order valence-corrected chi connectivity index (χ0v) is 23.4.